The Kier molecular flexibility index (Phi) is 6.73. The van der Waals surface area contributed by atoms with Gasteiger partial charge in [-0.05, 0) is 49.1 Å². The molecule has 0 aliphatic carbocycles. The summed E-state index contributed by atoms with van der Waals surface area (Å²) in [5.41, 5.74) is 3.02. The van der Waals surface area contributed by atoms with Gasteiger partial charge in [-0.2, -0.15) is 0 Å². The average Bonchev–Trinajstić information content (AvgIpc) is 3.26. The lowest BCUT2D eigenvalue weighted by atomic mass is 9.76. The molecule has 2 atom stereocenters. The Balaban J connectivity index is 1.52. The van der Waals surface area contributed by atoms with Crippen molar-refractivity contribution in [2.75, 3.05) is 32.8 Å². The number of nitrogens with zero attached hydrogens (tertiary/aromatic N) is 2. The SMILES string of the molecule is CCCCOCCCN1CC(=O)N2C[C@H](c3ccc(Br)cc3)c3c([nH]c4ccccc34)[C@@]2(C)C1=O. The van der Waals surface area contributed by atoms with Crippen molar-refractivity contribution in [3.63, 3.8) is 0 Å². The van der Waals surface area contributed by atoms with E-state index in [2.05, 4.69) is 46.0 Å². The van der Waals surface area contributed by atoms with Crippen LogP contribution >= 0.6 is 15.9 Å². The van der Waals surface area contributed by atoms with Crippen LogP contribution in [0.5, 0.6) is 0 Å². The molecule has 2 amide bonds. The standard InChI is InChI=1S/C28H32BrN3O3/c1-3-4-15-35-16-7-14-31-18-24(33)32-17-22(19-10-12-20(29)13-11-19)25-21-8-5-6-9-23(21)30-26(25)28(32,2)27(31)34/h5-6,8-13,22,30H,3-4,7,14-18H2,1-2H3/t22-,28+/m1/s1. The maximum absolute atomic E-state index is 14.0. The summed E-state index contributed by atoms with van der Waals surface area (Å²) < 4.78 is 6.70. The largest absolute Gasteiger partial charge is 0.381 e. The van der Waals surface area contributed by atoms with E-state index in [1.165, 1.54) is 0 Å². The number of para-hydroxylation sites is 1. The highest BCUT2D eigenvalue weighted by molar-refractivity contribution is 9.10. The zero-order valence-corrected chi connectivity index (χ0v) is 21.9. The molecule has 3 heterocycles. The van der Waals surface area contributed by atoms with E-state index in [-0.39, 0.29) is 24.3 Å². The fraction of sp³-hybridized carbons (Fsp3) is 0.429. The summed E-state index contributed by atoms with van der Waals surface area (Å²) in [6.07, 6.45) is 2.86. The van der Waals surface area contributed by atoms with Gasteiger partial charge in [0, 0.05) is 47.6 Å². The third kappa shape index (κ3) is 4.19. The Bertz CT molecular complexity index is 1240. The van der Waals surface area contributed by atoms with Crippen LogP contribution in [0.3, 0.4) is 0 Å². The molecule has 5 rings (SSSR count). The number of H-pyrrole nitrogens is 1. The number of rotatable bonds is 8. The molecule has 6 nitrogen and oxygen atoms in total. The van der Waals surface area contributed by atoms with Gasteiger partial charge in [-0.1, -0.05) is 59.6 Å². The molecule has 2 aromatic carbocycles. The van der Waals surface area contributed by atoms with Gasteiger partial charge < -0.3 is 19.5 Å². The van der Waals surface area contributed by atoms with Gasteiger partial charge in [0.25, 0.3) is 5.91 Å². The van der Waals surface area contributed by atoms with Crippen LogP contribution in [0.2, 0.25) is 0 Å². The van der Waals surface area contributed by atoms with Crippen molar-refractivity contribution in [1.82, 2.24) is 14.8 Å². The highest BCUT2D eigenvalue weighted by Crippen LogP contribution is 2.48. The van der Waals surface area contributed by atoms with Gasteiger partial charge in [0.15, 0.2) is 5.54 Å². The van der Waals surface area contributed by atoms with Gasteiger partial charge in [0.05, 0.1) is 12.2 Å². The minimum absolute atomic E-state index is 0.00887. The summed E-state index contributed by atoms with van der Waals surface area (Å²) in [6, 6.07) is 16.4. The first-order chi connectivity index (χ1) is 16.9. The van der Waals surface area contributed by atoms with Gasteiger partial charge in [-0.25, -0.2) is 0 Å². The van der Waals surface area contributed by atoms with Crippen LogP contribution in [-0.2, 0) is 19.9 Å². The first-order valence-corrected chi connectivity index (χ1v) is 13.3. The molecule has 0 spiro atoms. The number of hydrogen-bond donors (Lipinski definition) is 1. The van der Waals surface area contributed by atoms with Crippen molar-refractivity contribution in [1.29, 1.82) is 0 Å². The maximum atomic E-state index is 14.0. The normalized spacial score (nSPS) is 22.0. The third-order valence-electron chi connectivity index (χ3n) is 7.45. The number of nitrogens with one attached hydrogen (secondary N) is 1. The molecular formula is C28H32BrN3O3. The lowest BCUT2D eigenvalue weighted by Crippen LogP contribution is -2.67. The monoisotopic (exact) mass is 537 g/mol. The van der Waals surface area contributed by atoms with Crippen molar-refractivity contribution >= 4 is 38.6 Å². The molecule has 1 aromatic heterocycles. The van der Waals surface area contributed by atoms with E-state index in [1.807, 2.05) is 37.3 Å². The summed E-state index contributed by atoms with van der Waals surface area (Å²) in [7, 11) is 0. The maximum Gasteiger partial charge on any atom is 0.254 e. The lowest BCUT2D eigenvalue weighted by molar-refractivity contribution is -0.166. The van der Waals surface area contributed by atoms with E-state index in [0.717, 1.165) is 58.1 Å². The van der Waals surface area contributed by atoms with E-state index in [9.17, 15) is 9.59 Å². The number of unbranched alkanes of at least 4 members (excludes halogenated alkanes) is 1. The number of hydrogen-bond acceptors (Lipinski definition) is 3. The van der Waals surface area contributed by atoms with E-state index < -0.39 is 5.54 Å². The number of amides is 2. The zero-order valence-electron chi connectivity index (χ0n) is 20.4. The van der Waals surface area contributed by atoms with Crippen LogP contribution in [0.4, 0.5) is 0 Å². The van der Waals surface area contributed by atoms with Crippen LogP contribution in [0, 0.1) is 0 Å². The predicted octanol–water partition coefficient (Wildman–Crippen LogP) is 5.17. The topological polar surface area (TPSA) is 65.6 Å². The molecular weight excluding hydrogens is 506 g/mol. The Morgan fingerprint density at radius 2 is 1.83 bits per heavy atom. The van der Waals surface area contributed by atoms with Crippen LogP contribution in [0.1, 0.15) is 55.8 Å². The molecule has 2 aliphatic heterocycles. The Hall–Kier alpha value is -2.64. The second-order valence-corrected chi connectivity index (χ2v) is 10.6. The van der Waals surface area contributed by atoms with Crippen molar-refractivity contribution in [2.24, 2.45) is 0 Å². The number of halogens is 1. The number of aromatic nitrogens is 1. The van der Waals surface area contributed by atoms with E-state index >= 15 is 0 Å². The van der Waals surface area contributed by atoms with Crippen LogP contribution in [-0.4, -0.2) is 59.4 Å². The van der Waals surface area contributed by atoms with Gasteiger partial charge >= 0.3 is 0 Å². The summed E-state index contributed by atoms with van der Waals surface area (Å²) in [5, 5.41) is 1.11. The Morgan fingerprint density at radius 3 is 2.60 bits per heavy atom. The minimum Gasteiger partial charge on any atom is -0.381 e. The van der Waals surface area contributed by atoms with Gasteiger partial charge in [-0.3, -0.25) is 9.59 Å². The molecule has 184 valence electrons. The zero-order chi connectivity index (χ0) is 24.6. The molecule has 1 N–H and O–H groups in total. The smallest absolute Gasteiger partial charge is 0.254 e. The number of piperazine rings is 1. The number of benzene rings is 2. The molecule has 7 heteroatoms. The van der Waals surface area contributed by atoms with Crippen molar-refractivity contribution in [2.45, 2.75) is 44.6 Å². The summed E-state index contributed by atoms with van der Waals surface area (Å²) >= 11 is 3.53. The molecule has 0 saturated carbocycles. The van der Waals surface area contributed by atoms with E-state index in [4.69, 9.17) is 4.74 Å². The second kappa shape index (κ2) is 9.78. The number of ether oxygens (including phenoxy) is 1. The molecule has 35 heavy (non-hydrogen) atoms. The van der Waals surface area contributed by atoms with E-state index in [0.29, 0.717) is 19.7 Å². The first-order valence-electron chi connectivity index (χ1n) is 12.5. The number of carbonyl (C=O) groups is 2. The summed E-state index contributed by atoms with van der Waals surface area (Å²) in [6.45, 7) is 6.50. The van der Waals surface area contributed by atoms with Crippen molar-refractivity contribution < 1.29 is 14.3 Å². The van der Waals surface area contributed by atoms with E-state index in [1.54, 1.807) is 9.80 Å². The quantitative estimate of drug-likeness (QED) is 0.403. The molecule has 3 aromatic rings. The van der Waals surface area contributed by atoms with Gasteiger partial charge in [0.2, 0.25) is 5.91 Å². The molecule has 0 radical (unpaired) electrons. The second-order valence-electron chi connectivity index (χ2n) is 9.69. The van der Waals surface area contributed by atoms with Crippen LogP contribution < -0.4 is 0 Å². The molecule has 1 saturated heterocycles. The molecule has 2 aliphatic rings. The number of fused-ring (bicyclic) bond motifs is 5. The average molecular weight is 538 g/mol. The van der Waals surface area contributed by atoms with Gasteiger partial charge in [-0.15, -0.1) is 0 Å². The highest BCUT2D eigenvalue weighted by atomic mass is 79.9. The number of aromatic amines is 1. The fourth-order valence-corrected chi connectivity index (χ4v) is 5.82. The highest BCUT2D eigenvalue weighted by Gasteiger charge is 2.56. The Morgan fingerprint density at radius 1 is 1.09 bits per heavy atom. The molecule has 0 bridgehead atoms. The summed E-state index contributed by atoms with van der Waals surface area (Å²) in [4.78, 5) is 34.6. The molecule has 0 unspecified atom stereocenters. The number of carbonyl (C=O) groups excluding carboxylic acids is 2. The third-order valence-corrected chi connectivity index (χ3v) is 7.98. The minimum atomic E-state index is -1.06. The lowest BCUT2D eigenvalue weighted by Gasteiger charge is -2.51. The van der Waals surface area contributed by atoms with Crippen molar-refractivity contribution in [3.8, 4) is 0 Å². The van der Waals surface area contributed by atoms with Crippen LogP contribution in [0.25, 0.3) is 10.9 Å². The predicted molar refractivity (Wildman–Crippen MR) is 140 cm³/mol. The van der Waals surface area contributed by atoms with Crippen molar-refractivity contribution in [3.05, 3.63) is 69.8 Å². The molecule has 1 fully saturated rings. The van der Waals surface area contributed by atoms with Gasteiger partial charge in [0.1, 0.15) is 0 Å². The Labute approximate surface area is 214 Å². The van der Waals surface area contributed by atoms with Crippen LogP contribution in [0.15, 0.2) is 53.0 Å². The summed E-state index contributed by atoms with van der Waals surface area (Å²) in [5.74, 6) is -0.0456. The fourth-order valence-electron chi connectivity index (χ4n) is 5.56. The first kappa shape index (κ1) is 24.1.